The van der Waals surface area contributed by atoms with E-state index >= 15 is 0 Å². The van der Waals surface area contributed by atoms with Crippen molar-refractivity contribution in [1.82, 2.24) is 0 Å². The van der Waals surface area contributed by atoms with Crippen LogP contribution in [0.15, 0.2) is 42.5 Å². The Morgan fingerprint density at radius 1 is 0.682 bits per heavy atom. The zero-order chi connectivity index (χ0) is 15.5. The first-order valence-corrected chi connectivity index (χ1v) is 9.02. The van der Waals surface area contributed by atoms with E-state index in [1.807, 2.05) is 0 Å². The van der Waals surface area contributed by atoms with E-state index in [0.717, 1.165) is 12.4 Å². The molecule has 0 N–H and O–H groups in total. The molecule has 0 aromatic heterocycles. The fourth-order valence-electron chi connectivity index (χ4n) is 2.86. The lowest BCUT2D eigenvalue weighted by Gasteiger charge is -2.07. The first-order chi connectivity index (χ1) is 10.9. The van der Waals surface area contributed by atoms with Crippen LogP contribution in [-0.2, 0) is 0 Å². The molecular weight excluding hydrogens is 268 g/mol. The summed E-state index contributed by atoms with van der Waals surface area (Å²) in [5, 5.41) is 2.53. The molecule has 1 heteroatoms. The summed E-state index contributed by atoms with van der Waals surface area (Å²) < 4.78 is 5.87. The molecule has 2 aromatic carbocycles. The lowest BCUT2D eigenvalue weighted by Crippen LogP contribution is -1.97. The minimum atomic E-state index is 0.841. The Morgan fingerprint density at radius 3 is 2.05 bits per heavy atom. The Bertz CT molecular complexity index is 532. The highest BCUT2D eigenvalue weighted by atomic mass is 16.5. The van der Waals surface area contributed by atoms with Crippen LogP contribution in [0.2, 0.25) is 0 Å². The molecule has 2 rings (SSSR count). The highest BCUT2D eigenvalue weighted by Gasteiger charge is 1.97. The summed E-state index contributed by atoms with van der Waals surface area (Å²) in [7, 11) is 0. The van der Waals surface area contributed by atoms with Gasteiger partial charge in [0.25, 0.3) is 0 Å². The first-order valence-electron chi connectivity index (χ1n) is 9.02. The summed E-state index contributed by atoms with van der Waals surface area (Å²) >= 11 is 0. The van der Waals surface area contributed by atoms with E-state index in [1.54, 1.807) is 0 Å². The fourth-order valence-corrected chi connectivity index (χ4v) is 2.86. The number of hydrogen-bond acceptors (Lipinski definition) is 1. The highest BCUT2D eigenvalue weighted by molar-refractivity contribution is 5.83. The second-order valence-corrected chi connectivity index (χ2v) is 6.19. The van der Waals surface area contributed by atoms with Gasteiger partial charge in [0.15, 0.2) is 0 Å². The van der Waals surface area contributed by atoms with Crippen molar-refractivity contribution in [3.63, 3.8) is 0 Å². The van der Waals surface area contributed by atoms with Crippen LogP contribution in [0, 0.1) is 0 Å². The molecule has 0 atom stereocenters. The number of rotatable bonds is 11. The van der Waals surface area contributed by atoms with Crippen molar-refractivity contribution in [1.29, 1.82) is 0 Å². The molecule has 0 aliphatic rings. The van der Waals surface area contributed by atoms with Gasteiger partial charge in [0.05, 0.1) is 6.61 Å². The molecule has 0 aliphatic carbocycles. The molecule has 0 amide bonds. The van der Waals surface area contributed by atoms with Gasteiger partial charge in [0, 0.05) is 0 Å². The van der Waals surface area contributed by atoms with Crippen molar-refractivity contribution in [3.8, 4) is 5.75 Å². The molecule has 22 heavy (non-hydrogen) atoms. The lowest BCUT2D eigenvalue weighted by molar-refractivity contribution is 0.304. The zero-order valence-electron chi connectivity index (χ0n) is 14.0. The molecule has 0 fully saturated rings. The number of ether oxygens (including phenoxy) is 1. The van der Waals surface area contributed by atoms with E-state index in [9.17, 15) is 0 Å². The van der Waals surface area contributed by atoms with Gasteiger partial charge in [-0.15, -0.1) is 0 Å². The van der Waals surface area contributed by atoms with Crippen molar-refractivity contribution in [3.05, 3.63) is 42.5 Å². The number of hydrogen-bond donors (Lipinski definition) is 0. The van der Waals surface area contributed by atoms with Gasteiger partial charge in [0.2, 0.25) is 0 Å². The zero-order valence-corrected chi connectivity index (χ0v) is 14.0. The summed E-state index contributed by atoms with van der Waals surface area (Å²) in [6.45, 7) is 3.11. The van der Waals surface area contributed by atoms with Crippen molar-refractivity contribution in [2.24, 2.45) is 0 Å². The molecule has 0 bridgehead atoms. The molecule has 0 heterocycles. The van der Waals surface area contributed by atoms with Crippen LogP contribution in [0.4, 0.5) is 0 Å². The summed E-state index contributed by atoms with van der Waals surface area (Å²) in [4.78, 5) is 0. The average Bonchev–Trinajstić information content (AvgIpc) is 2.56. The first kappa shape index (κ1) is 16.9. The Balaban J connectivity index is 1.54. The molecule has 0 saturated heterocycles. The van der Waals surface area contributed by atoms with Gasteiger partial charge in [-0.2, -0.15) is 0 Å². The minimum Gasteiger partial charge on any atom is -0.494 e. The summed E-state index contributed by atoms with van der Waals surface area (Å²) in [5.74, 6) is 0.998. The van der Waals surface area contributed by atoms with E-state index in [1.165, 1.54) is 68.6 Å². The van der Waals surface area contributed by atoms with Crippen molar-refractivity contribution in [2.75, 3.05) is 6.61 Å². The maximum absolute atomic E-state index is 5.87. The standard InChI is InChI=1S/C21H30O/c1-2-3-4-5-6-7-8-9-12-17-22-21-16-15-19-13-10-11-14-20(19)18-21/h10-11,13-16,18H,2-9,12,17H2,1H3. The van der Waals surface area contributed by atoms with Crippen molar-refractivity contribution >= 4 is 10.8 Å². The van der Waals surface area contributed by atoms with Crippen LogP contribution in [-0.4, -0.2) is 6.61 Å². The number of benzene rings is 2. The monoisotopic (exact) mass is 298 g/mol. The van der Waals surface area contributed by atoms with E-state index in [0.29, 0.717) is 0 Å². The van der Waals surface area contributed by atoms with Crippen LogP contribution < -0.4 is 4.74 Å². The number of fused-ring (bicyclic) bond motifs is 1. The van der Waals surface area contributed by atoms with Gasteiger partial charge in [-0.1, -0.05) is 88.6 Å². The fraction of sp³-hybridized carbons (Fsp3) is 0.524. The number of unbranched alkanes of at least 4 members (excludes halogenated alkanes) is 8. The molecule has 0 spiro atoms. The quantitative estimate of drug-likeness (QED) is 0.417. The largest absolute Gasteiger partial charge is 0.494 e. The maximum Gasteiger partial charge on any atom is 0.119 e. The van der Waals surface area contributed by atoms with Gasteiger partial charge in [-0.05, 0) is 29.3 Å². The van der Waals surface area contributed by atoms with Crippen LogP contribution in [0.3, 0.4) is 0 Å². The smallest absolute Gasteiger partial charge is 0.119 e. The van der Waals surface area contributed by atoms with Crippen molar-refractivity contribution in [2.45, 2.75) is 64.7 Å². The molecule has 2 aromatic rings. The second-order valence-electron chi connectivity index (χ2n) is 6.19. The van der Waals surface area contributed by atoms with Crippen LogP contribution in [0.25, 0.3) is 10.8 Å². The summed E-state index contributed by atoms with van der Waals surface area (Å²) in [6, 6.07) is 14.8. The summed E-state index contributed by atoms with van der Waals surface area (Å²) in [5.41, 5.74) is 0. The predicted molar refractivity (Wildman–Crippen MR) is 96.7 cm³/mol. The molecule has 1 nitrogen and oxygen atoms in total. The Kier molecular flexibility index (Phi) is 7.87. The van der Waals surface area contributed by atoms with E-state index in [4.69, 9.17) is 4.74 Å². The lowest BCUT2D eigenvalue weighted by atomic mass is 10.1. The van der Waals surface area contributed by atoms with Gasteiger partial charge < -0.3 is 4.74 Å². The maximum atomic E-state index is 5.87. The highest BCUT2D eigenvalue weighted by Crippen LogP contribution is 2.20. The third-order valence-electron chi connectivity index (χ3n) is 4.24. The Morgan fingerprint density at radius 2 is 1.32 bits per heavy atom. The van der Waals surface area contributed by atoms with Gasteiger partial charge in [-0.25, -0.2) is 0 Å². The third-order valence-corrected chi connectivity index (χ3v) is 4.24. The van der Waals surface area contributed by atoms with Crippen LogP contribution in [0.1, 0.15) is 64.7 Å². The SMILES string of the molecule is CCCCCCCCCCCOc1ccc2ccccc2c1. The summed E-state index contributed by atoms with van der Waals surface area (Å²) in [6.07, 6.45) is 12.2. The van der Waals surface area contributed by atoms with Crippen LogP contribution in [0.5, 0.6) is 5.75 Å². The minimum absolute atomic E-state index is 0.841. The molecule has 120 valence electrons. The molecule has 0 aliphatic heterocycles. The topological polar surface area (TPSA) is 9.23 Å². The van der Waals surface area contributed by atoms with E-state index in [-0.39, 0.29) is 0 Å². The van der Waals surface area contributed by atoms with Crippen LogP contribution >= 0.6 is 0 Å². The van der Waals surface area contributed by atoms with Crippen molar-refractivity contribution < 1.29 is 4.74 Å². The Hall–Kier alpha value is -1.50. The normalized spacial score (nSPS) is 11.0. The second kappa shape index (κ2) is 10.3. The van der Waals surface area contributed by atoms with E-state index in [2.05, 4.69) is 49.4 Å². The van der Waals surface area contributed by atoms with Gasteiger partial charge in [0.1, 0.15) is 5.75 Å². The van der Waals surface area contributed by atoms with Gasteiger partial charge >= 0.3 is 0 Å². The van der Waals surface area contributed by atoms with E-state index < -0.39 is 0 Å². The Labute approximate surface area is 135 Å². The molecular formula is C21H30O. The predicted octanol–water partition coefficient (Wildman–Crippen LogP) is 6.75. The molecule has 0 unspecified atom stereocenters. The molecule has 0 radical (unpaired) electrons. The van der Waals surface area contributed by atoms with Gasteiger partial charge in [-0.3, -0.25) is 0 Å². The average molecular weight is 298 g/mol. The third kappa shape index (κ3) is 6.09. The molecule has 0 saturated carbocycles.